The van der Waals surface area contributed by atoms with Crippen LogP contribution in [0.25, 0.3) is 0 Å². The van der Waals surface area contributed by atoms with E-state index in [1.54, 1.807) is 0 Å². The van der Waals surface area contributed by atoms with E-state index >= 15 is 0 Å². The summed E-state index contributed by atoms with van der Waals surface area (Å²) in [5.74, 6) is 0. The van der Waals surface area contributed by atoms with Gasteiger partial charge in [-0.1, -0.05) is 0 Å². The number of hydrogen-bond donors (Lipinski definition) is 0. The van der Waals surface area contributed by atoms with Crippen molar-refractivity contribution < 1.29 is 6.15 Å². The number of unbranched alkanes of at least 4 members (excludes halogenated alkanes) is 6. The zero-order valence-electron chi connectivity index (χ0n) is 8.05. The van der Waals surface area contributed by atoms with Gasteiger partial charge in [0.05, 0.1) is 0 Å². The zero-order chi connectivity index (χ0) is 9.07. The number of hydrogen-bond acceptors (Lipinski definition) is 2. The van der Waals surface area contributed by atoms with Crippen LogP contribution in [0.5, 0.6) is 0 Å². The molecule has 0 saturated carbocycles. The molecule has 0 aliphatic rings. The summed E-state index contributed by atoms with van der Waals surface area (Å²) in [7, 11) is 0. The van der Waals surface area contributed by atoms with Gasteiger partial charge >= 0.3 is 86.2 Å². The molecule has 3 heteroatoms. The third-order valence-corrected chi connectivity index (χ3v) is 2.99. The van der Waals surface area contributed by atoms with E-state index in [9.17, 15) is 3.08 Å². The van der Waals surface area contributed by atoms with Crippen LogP contribution in [0.15, 0.2) is 0 Å². The van der Waals surface area contributed by atoms with Gasteiger partial charge in [0.1, 0.15) is 0 Å². The Morgan fingerprint density at radius 3 is 2.17 bits per heavy atom. The van der Waals surface area contributed by atoms with Crippen molar-refractivity contribution in [1.82, 2.24) is 0 Å². The van der Waals surface area contributed by atoms with Crippen molar-refractivity contribution >= 4 is 21.5 Å². The van der Waals surface area contributed by atoms with E-state index in [0.717, 1.165) is 13.0 Å². The van der Waals surface area contributed by atoms with Gasteiger partial charge in [0.25, 0.3) is 0 Å². The molecule has 0 aromatic rings. The summed E-state index contributed by atoms with van der Waals surface area (Å²) in [4.78, 5) is 0. The van der Waals surface area contributed by atoms with Gasteiger partial charge in [0.2, 0.25) is 0 Å². The molecule has 0 N–H and O–H groups in total. The molecule has 12 heavy (non-hydrogen) atoms. The Balaban J connectivity index is 2.77. The zero-order valence-corrected chi connectivity index (χ0v) is 11.3. The van der Waals surface area contributed by atoms with E-state index in [-0.39, 0.29) is 0 Å². The first-order chi connectivity index (χ1) is 5.91. The molecule has 0 aromatic heterocycles. The average Bonchev–Trinajstić information content (AvgIpc) is 2.10. The molecule has 0 radical (unpaired) electrons. The summed E-state index contributed by atoms with van der Waals surface area (Å²) in [6.45, 7) is 2.97. The molecule has 0 fully saturated rings. The van der Waals surface area contributed by atoms with Crippen LogP contribution >= 0.6 is 0 Å². The summed E-state index contributed by atoms with van der Waals surface area (Å²) >= 11 is -1.75. The quantitative estimate of drug-likeness (QED) is 0.478. The van der Waals surface area contributed by atoms with E-state index in [1.165, 1.54) is 38.5 Å². The summed E-state index contributed by atoms with van der Waals surface area (Å²) < 4.78 is 15.0. The summed E-state index contributed by atoms with van der Waals surface area (Å²) in [6.07, 6.45) is 9.06. The van der Waals surface area contributed by atoms with Gasteiger partial charge in [0.15, 0.2) is 0 Å². The SMILES string of the molecule is CCCCCCCCC[O][SnH]=[O]. The Hall–Kier alpha value is 0.559. The number of rotatable bonds is 9. The molecule has 0 aliphatic carbocycles. The molecule has 0 heterocycles. The Kier molecular flexibility index (Phi) is 12.1. The predicted octanol–water partition coefficient (Wildman–Crippen LogP) is 2.45. The van der Waals surface area contributed by atoms with Crippen LogP contribution in [0.4, 0.5) is 0 Å². The standard InChI is InChI=1S/C9H19O.O.Sn.H/c1-2-3-4-5-6-7-8-9-10;;;/h2-9H2,1H3;;;/q-1;;+1;. The van der Waals surface area contributed by atoms with Gasteiger partial charge in [-0.3, -0.25) is 0 Å². The molecular formula is C9H20O2Sn. The molecule has 0 amide bonds. The topological polar surface area (TPSA) is 26.3 Å². The molecule has 72 valence electrons. The van der Waals surface area contributed by atoms with E-state index < -0.39 is 21.5 Å². The van der Waals surface area contributed by atoms with E-state index in [4.69, 9.17) is 3.07 Å². The predicted molar refractivity (Wildman–Crippen MR) is 51.8 cm³/mol. The minimum absolute atomic E-state index is 0.735. The molecule has 2 nitrogen and oxygen atoms in total. The van der Waals surface area contributed by atoms with Crippen LogP contribution in [-0.4, -0.2) is 28.1 Å². The second-order valence-corrected chi connectivity index (χ2v) is 4.59. The second kappa shape index (κ2) is 11.6. The van der Waals surface area contributed by atoms with Gasteiger partial charge in [-0.15, -0.1) is 0 Å². The maximum absolute atomic E-state index is 10.1. The Morgan fingerprint density at radius 1 is 1.00 bits per heavy atom. The van der Waals surface area contributed by atoms with Gasteiger partial charge in [-0.2, -0.15) is 0 Å². The Morgan fingerprint density at radius 2 is 1.58 bits per heavy atom. The van der Waals surface area contributed by atoms with Crippen molar-refractivity contribution in [2.45, 2.75) is 51.9 Å². The van der Waals surface area contributed by atoms with Gasteiger partial charge in [0, 0.05) is 0 Å². The summed E-state index contributed by atoms with van der Waals surface area (Å²) in [5, 5.41) is 0. The van der Waals surface area contributed by atoms with Gasteiger partial charge in [-0.25, -0.2) is 0 Å². The molecule has 0 bridgehead atoms. The minimum atomic E-state index is -1.75. The third kappa shape index (κ3) is 10.6. The van der Waals surface area contributed by atoms with Gasteiger partial charge in [-0.05, 0) is 0 Å². The maximum atomic E-state index is 10.1. The van der Waals surface area contributed by atoms with E-state index in [2.05, 4.69) is 6.92 Å². The van der Waals surface area contributed by atoms with Crippen molar-refractivity contribution in [2.24, 2.45) is 0 Å². The summed E-state index contributed by atoms with van der Waals surface area (Å²) in [6, 6.07) is 0. The summed E-state index contributed by atoms with van der Waals surface area (Å²) in [5.41, 5.74) is 0. The van der Waals surface area contributed by atoms with Crippen molar-refractivity contribution in [2.75, 3.05) is 6.61 Å². The van der Waals surface area contributed by atoms with Crippen molar-refractivity contribution in [3.63, 3.8) is 0 Å². The average molecular weight is 279 g/mol. The molecule has 0 spiro atoms. The molecule has 0 aliphatic heterocycles. The van der Waals surface area contributed by atoms with Crippen LogP contribution in [-0.2, 0) is 6.15 Å². The first-order valence-corrected chi connectivity index (χ1v) is 7.66. The molecule has 0 rings (SSSR count). The molecule has 0 unspecified atom stereocenters. The van der Waals surface area contributed by atoms with Crippen LogP contribution in [0, 0.1) is 0 Å². The fourth-order valence-electron chi connectivity index (χ4n) is 1.19. The fraction of sp³-hybridized carbons (Fsp3) is 1.00. The first kappa shape index (κ1) is 12.6. The van der Waals surface area contributed by atoms with Crippen LogP contribution < -0.4 is 0 Å². The van der Waals surface area contributed by atoms with Crippen molar-refractivity contribution in [3.8, 4) is 0 Å². The Labute approximate surface area is 86.2 Å². The van der Waals surface area contributed by atoms with E-state index in [1.807, 2.05) is 0 Å². The molecule has 0 atom stereocenters. The van der Waals surface area contributed by atoms with Crippen LogP contribution in [0.1, 0.15) is 51.9 Å². The van der Waals surface area contributed by atoms with Gasteiger partial charge < -0.3 is 0 Å². The van der Waals surface area contributed by atoms with Crippen LogP contribution in [0.3, 0.4) is 0 Å². The molecular weight excluding hydrogens is 259 g/mol. The van der Waals surface area contributed by atoms with Crippen molar-refractivity contribution in [3.05, 3.63) is 0 Å². The second-order valence-electron chi connectivity index (χ2n) is 3.09. The fourth-order valence-corrected chi connectivity index (χ4v) is 1.94. The van der Waals surface area contributed by atoms with Crippen LogP contribution in [0.2, 0.25) is 0 Å². The monoisotopic (exact) mass is 280 g/mol. The van der Waals surface area contributed by atoms with E-state index in [0.29, 0.717) is 0 Å². The third-order valence-electron chi connectivity index (χ3n) is 1.93. The molecule has 0 aromatic carbocycles. The Bertz CT molecular complexity index is 96.5. The first-order valence-electron chi connectivity index (χ1n) is 4.97. The normalized spacial score (nSPS) is 10.1. The molecule has 0 saturated heterocycles. The van der Waals surface area contributed by atoms with Crippen molar-refractivity contribution in [1.29, 1.82) is 0 Å².